The van der Waals surface area contributed by atoms with Crippen LogP contribution in [0.3, 0.4) is 0 Å². The summed E-state index contributed by atoms with van der Waals surface area (Å²) in [6.07, 6.45) is 2.15. The number of carbonyl (C=O) groups excluding carboxylic acids is 1. The Morgan fingerprint density at radius 3 is 3.06 bits per heavy atom. The standard InChI is InChI=1S/C11H18N4OS/c1-14(2)6-8-4-3-5-15(8)10(16)9-7-17-11(12)13-9/h7-8H,3-6H2,1-2H3,(H2,12,13). The van der Waals surface area contributed by atoms with E-state index in [9.17, 15) is 4.79 Å². The van der Waals surface area contributed by atoms with Gasteiger partial charge in [0.25, 0.3) is 5.91 Å². The lowest BCUT2D eigenvalue weighted by Crippen LogP contribution is -2.41. The van der Waals surface area contributed by atoms with Crippen LogP contribution in [0.4, 0.5) is 5.13 Å². The molecule has 5 nitrogen and oxygen atoms in total. The van der Waals surface area contributed by atoms with Crippen LogP contribution < -0.4 is 5.73 Å². The summed E-state index contributed by atoms with van der Waals surface area (Å²) in [5.41, 5.74) is 6.04. The molecule has 1 aliphatic heterocycles. The van der Waals surface area contributed by atoms with E-state index >= 15 is 0 Å². The van der Waals surface area contributed by atoms with Gasteiger partial charge >= 0.3 is 0 Å². The number of aromatic nitrogens is 1. The van der Waals surface area contributed by atoms with Crippen LogP contribution in [0.1, 0.15) is 23.3 Å². The summed E-state index contributed by atoms with van der Waals surface area (Å²) in [6.45, 7) is 1.74. The van der Waals surface area contributed by atoms with Gasteiger partial charge in [-0.3, -0.25) is 4.79 Å². The molecule has 2 heterocycles. The second kappa shape index (κ2) is 5.01. The molecule has 17 heavy (non-hydrogen) atoms. The van der Waals surface area contributed by atoms with Crippen LogP contribution in [0.5, 0.6) is 0 Å². The summed E-state index contributed by atoms with van der Waals surface area (Å²) < 4.78 is 0. The van der Waals surface area contributed by atoms with Crippen molar-refractivity contribution in [2.75, 3.05) is 32.9 Å². The van der Waals surface area contributed by atoms with E-state index in [2.05, 4.69) is 9.88 Å². The van der Waals surface area contributed by atoms with Gasteiger partial charge in [0, 0.05) is 24.5 Å². The largest absolute Gasteiger partial charge is 0.375 e. The van der Waals surface area contributed by atoms with Gasteiger partial charge in [-0.15, -0.1) is 11.3 Å². The molecule has 0 aliphatic carbocycles. The normalized spacial score (nSPS) is 20.2. The summed E-state index contributed by atoms with van der Waals surface area (Å²) in [5, 5.41) is 2.19. The predicted octanol–water partition coefficient (Wildman–Crippen LogP) is 0.891. The number of nitrogens with zero attached hydrogens (tertiary/aromatic N) is 3. The molecule has 1 amide bonds. The zero-order valence-corrected chi connectivity index (χ0v) is 11.0. The van der Waals surface area contributed by atoms with Gasteiger partial charge in [-0.1, -0.05) is 0 Å². The summed E-state index contributed by atoms with van der Waals surface area (Å²) >= 11 is 1.32. The zero-order valence-electron chi connectivity index (χ0n) is 10.2. The molecule has 0 bridgehead atoms. The zero-order chi connectivity index (χ0) is 12.4. The fourth-order valence-corrected chi connectivity index (χ4v) is 2.78. The number of thiazole rings is 1. The topological polar surface area (TPSA) is 62.5 Å². The van der Waals surface area contributed by atoms with Gasteiger partial charge in [-0.05, 0) is 26.9 Å². The van der Waals surface area contributed by atoms with Crippen molar-refractivity contribution < 1.29 is 4.79 Å². The minimum atomic E-state index is 0.0160. The molecule has 0 aromatic carbocycles. The second-order valence-corrected chi connectivity index (χ2v) is 5.52. The first-order valence-corrected chi connectivity index (χ1v) is 6.62. The van der Waals surface area contributed by atoms with Crippen molar-refractivity contribution in [3.8, 4) is 0 Å². The van der Waals surface area contributed by atoms with E-state index in [1.165, 1.54) is 11.3 Å². The second-order valence-electron chi connectivity index (χ2n) is 4.63. The van der Waals surface area contributed by atoms with Crippen molar-refractivity contribution in [1.29, 1.82) is 0 Å². The van der Waals surface area contributed by atoms with Crippen molar-refractivity contribution >= 4 is 22.4 Å². The lowest BCUT2D eigenvalue weighted by atomic mass is 10.2. The molecule has 0 spiro atoms. The van der Waals surface area contributed by atoms with Crippen LogP contribution in [0.25, 0.3) is 0 Å². The smallest absolute Gasteiger partial charge is 0.273 e. The van der Waals surface area contributed by atoms with Gasteiger partial charge < -0.3 is 15.5 Å². The first kappa shape index (κ1) is 12.3. The van der Waals surface area contributed by atoms with Gasteiger partial charge in [0.05, 0.1) is 0 Å². The quantitative estimate of drug-likeness (QED) is 0.870. The van der Waals surface area contributed by atoms with Crippen LogP contribution in [0.2, 0.25) is 0 Å². The number of likely N-dealkylation sites (N-methyl/N-ethyl adjacent to an activating group) is 1. The number of amides is 1. The number of likely N-dealkylation sites (tertiary alicyclic amines) is 1. The van der Waals surface area contributed by atoms with Crippen LogP contribution in [0, 0.1) is 0 Å². The SMILES string of the molecule is CN(C)CC1CCCN1C(=O)c1csc(N)n1. The Bertz CT molecular complexity index is 404. The van der Waals surface area contributed by atoms with E-state index in [0.717, 1.165) is 25.9 Å². The first-order valence-electron chi connectivity index (χ1n) is 5.74. The molecule has 2 N–H and O–H groups in total. The molecule has 0 saturated carbocycles. The summed E-state index contributed by atoms with van der Waals surface area (Å²) in [5.74, 6) is 0.0160. The third-order valence-corrected chi connectivity index (χ3v) is 3.63. The van der Waals surface area contributed by atoms with E-state index in [0.29, 0.717) is 16.9 Å². The molecule has 2 rings (SSSR count). The third-order valence-electron chi connectivity index (χ3n) is 2.95. The van der Waals surface area contributed by atoms with Gasteiger partial charge in [0.1, 0.15) is 5.69 Å². The lowest BCUT2D eigenvalue weighted by molar-refractivity contribution is 0.0711. The number of rotatable bonds is 3. The molecule has 1 aromatic rings. The molecule has 0 radical (unpaired) electrons. The van der Waals surface area contributed by atoms with Crippen LogP contribution in [-0.2, 0) is 0 Å². The molecule has 1 atom stereocenters. The van der Waals surface area contributed by atoms with E-state index in [4.69, 9.17) is 5.73 Å². The Morgan fingerprint density at radius 2 is 2.47 bits per heavy atom. The first-order chi connectivity index (χ1) is 8.08. The van der Waals surface area contributed by atoms with Gasteiger partial charge in [-0.25, -0.2) is 4.98 Å². The molecular weight excluding hydrogens is 236 g/mol. The van der Waals surface area contributed by atoms with Crippen LogP contribution in [-0.4, -0.2) is 53.9 Å². The molecule has 1 saturated heterocycles. The summed E-state index contributed by atoms with van der Waals surface area (Å²) in [4.78, 5) is 20.4. The maximum Gasteiger partial charge on any atom is 0.273 e. The Kier molecular flexibility index (Phi) is 3.63. The average molecular weight is 254 g/mol. The number of carbonyl (C=O) groups is 1. The Labute approximate surface area is 105 Å². The van der Waals surface area contributed by atoms with E-state index in [1.807, 2.05) is 19.0 Å². The Balaban J connectivity index is 2.08. The van der Waals surface area contributed by atoms with Gasteiger partial charge in [0.15, 0.2) is 5.13 Å². The van der Waals surface area contributed by atoms with Crippen LogP contribution in [0.15, 0.2) is 5.38 Å². The Hall–Kier alpha value is -1.14. The van der Waals surface area contributed by atoms with Crippen molar-refractivity contribution in [3.05, 3.63) is 11.1 Å². The van der Waals surface area contributed by atoms with Crippen molar-refractivity contribution in [3.63, 3.8) is 0 Å². The molecule has 1 unspecified atom stereocenters. The van der Waals surface area contributed by atoms with Gasteiger partial charge in [-0.2, -0.15) is 0 Å². The minimum Gasteiger partial charge on any atom is -0.375 e. The summed E-state index contributed by atoms with van der Waals surface area (Å²) in [6, 6.07) is 0.306. The van der Waals surface area contributed by atoms with Gasteiger partial charge in [0.2, 0.25) is 0 Å². The number of anilines is 1. The molecule has 1 aliphatic rings. The number of hydrogen-bond donors (Lipinski definition) is 1. The highest BCUT2D eigenvalue weighted by molar-refractivity contribution is 7.13. The van der Waals surface area contributed by atoms with E-state index in [-0.39, 0.29) is 5.91 Å². The summed E-state index contributed by atoms with van der Waals surface area (Å²) in [7, 11) is 4.06. The predicted molar refractivity (Wildman–Crippen MR) is 69.1 cm³/mol. The molecule has 1 aromatic heterocycles. The lowest BCUT2D eigenvalue weighted by Gasteiger charge is -2.26. The number of hydrogen-bond acceptors (Lipinski definition) is 5. The number of nitrogen functional groups attached to an aromatic ring is 1. The van der Waals surface area contributed by atoms with Crippen LogP contribution >= 0.6 is 11.3 Å². The fraction of sp³-hybridized carbons (Fsp3) is 0.636. The molecule has 94 valence electrons. The maximum atomic E-state index is 12.2. The van der Waals surface area contributed by atoms with Crippen molar-refractivity contribution in [1.82, 2.24) is 14.8 Å². The Morgan fingerprint density at radius 1 is 1.71 bits per heavy atom. The average Bonchev–Trinajstić information content (AvgIpc) is 2.85. The highest BCUT2D eigenvalue weighted by atomic mass is 32.1. The van der Waals surface area contributed by atoms with Crippen molar-refractivity contribution in [2.24, 2.45) is 0 Å². The number of nitrogens with two attached hydrogens (primary N) is 1. The monoisotopic (exact) mass is 254 g/mol. The molecule has 1 fully saturated rings. The molecule has 6 heteroatoms. The molecular formula is C11H18N4OS. The third kappa shape index (κ3) is 2.76. The van der Waals surface area contributed by atoms with E-state index in [1.54, 1.807) is 5.38 Å². The highest BCUT2D eigenvalue weighted by Crippen LogP contribution is 2.21. The fourth-order valence-electron chi connectivity index (χ4n) is 2.25. The maximum absolute atomic E-state index is 12.2. The minimum absolute atomic E-state index is 0.0160. The van der Waals surface area contributed by atoms with E-state index < -0.39 is 0 Å². The highest BCUT2D eigenvalue weighted by Gasteiger charge is 2.30. The van der Waals surface area contributed by atoms with Crippen molar-refractivity contribution in [2.45, 2.75) is 18.9 Å².